The molecule has 0 unspecified atom stereocenters. The second-order valence-corrected chi connectivity index (χ2v) is 6.75. The van der Waals surface area contributed by atoms with Crippen molar-refractivity contribution in [2.45, 2.75) is 0 Å². The van der Waals surface area contributed by atoms with Gasteiger partial charge in [0, 0.05) is 55.0 Å². The molecule has 2 aromatic rings. The van der Waals surface area contributed by atoms with E-state index < -0.39 is 4.92 Å². The van der Waals surface area contributed by atoms with Gasteiger partial charge in [0.25, 0.3) is 11.6 Å². The van der Waals surface area contributed by atoms with Crippen molar-refractivity contribution in [3.05, 3.63) is 80.9 Å². The number of carbonyl (C=O) groups is 2. The summed E-state index contributed by atoms with van der Waals surface area (Å²) in [5.74, 6) is -0.303. The van der Waals surface area contributed by atoms with Crippen LogP contribution in [0.5, 0.6) is 0 Å². The average Bonchev–Trinajstić information content (AvgIpc) is 2.71. The predicted molar refractivity (Wildman–Crippen MR) is 106 cm³/mol. The number of benzene rings is 2. The second-order valence-electron chi connectivity index (χ2n) is 6.31. The predicted octanol–water partition coefficient (Wildman–Crippen LogP) is 3.25. The number of hydrogen-bond donors (Lipinski definition) is 0. The van der Waals surface area contributed by atoms with Gasteiger partial charge in [0.15, 0.2) is 0 Å². The van der Waals surface area contributed by atoms with Crippen molar-refractivity contribution in [2.24, 2.45) is 0 Å². The van der Waals surface area contributed by atoms with E-state index in [9.17, 15) is 19.7 Å². The molecule has 144 valence electrons. The lowest BCUT2D eigenvalue weighted by Crippen LogP contribution is -2.50. The summed E-state index contributed by atoms with van der Waals surface area (Å²) in [4.78, 5) is 38.6. The van der Waals surface area contributed by atoms with Crippen molar-refractivity contribution in [3.63, 3.8) is 0 Å². The number of piperazine rings is 1. The number of nitro benzene ring substituents is 1. The Hall–Kier alpha value is -3.19. The van der Waals surface area contributed by atoms with Gasteiger partial charge in [-0.25, -0.2) is 0 Å². The zero-order valence-electron chi connectivity index (χ0n) is 15.0. The van der Waals surface area contributed by atoms with Crippen LogP contribution in [-0.2, 0) is 4.79 Å². The Morgan fingerprint density at radius 1 is 1.00 bits per heavy atom. The first kappa shape index (κ1) is 19.6. The third-order valence-corrected chi connectivity index (χ3v) is 4.68. The molecule has 1 aliphatic heterocycles. The Balaban J connectivity index is 1.57. The fraction of sp³-hybridized carbons (Fsp3) is 0.200. The third kappa shape index (κ3) is 4.75. The first-order chi connectivity index (χ1) is 13.4. The summed E-state index contributed by atoms with van der Waals surface area (Å²) in [7, 11) is 0. The fourth-order valence-corrected chi connectivity index (χ4v) is 3.14. The molecule has 7 nitrogen and oxygen atoms in total. The minimum atomic E-state index is -0.477. The molecular formula is C20H18ClN3O4. The lowest BCUT2D eigenvalue weighted by Gasteiger charge is -2.34. The van der Waals surface area contributed by atoms with Crippen LogP contribution in [0.3, 0.4) is 0 Å². The molecule has 0 saturated carbocycles. The van der Waals surface area contributed by atoms with E-state index >= 15 is 0 Å². The highest BCUT2D eigenvalue weighted by Crippen LogP contribution is 2.16. The second kappa shape index (κ2) is 8.67. The van der Waals surface area contributed by atoms with Crippen LogP contribution in [0.25, 0.3) is 6.08 Å². The first-order valence-corrected chi connectivity index (χ1v) is 9.08. The van der Waals surface area contributed by atoms with E-state index in [1.54, 1.807) is 52.3 Å². The third-order valence-electron chi connectivity index (χ3n) is 4.45. The van der Waals surface area contributed by atoms with Crippen molar-refractivity contribution >= 4 is 35.2 Å². The molecule has 2 amide bonds. The minimum Gasteiger partial charge on any atom is -0.336 e. The van der Waals surface area contributed by atoms with E-state index in [2.05, 4.69) is 0 Å². The topological polar surface area (TPSA) is 83.8 Å². The number of nitro groups is 1. The fourth-order valence-electron chi connectivity index (χ4n) is 2.95. The van der Waals surface area contributed by atoms with Crippen LogP contribution < -0.4 is 0 Å². The number of amides is 2. The first-order valence-electron chi connectivity index (χ1n) is 8.70. The smallest absolute Gasteiger partial charge is 0.270 e. The Kier molecular flexibility index (Phi) is 6.06. The van der Waals surface area contributed by atoms with Crippen LogP contribution in [0.4, 0.5) is 5.69 Å². The van der Waals surface area contributed by atoms with Gasteiger partial charge < -0.3 is 9.80 Å². The maximum absolute atomic E-state index is 12.5. The molecule has 0 radical (unpaired) electrons. The van der Waals surface area contributed by atoms with Gasteiger partial charge in [0.1, 0.15) is 0 Å². The molecule has 0 bridgehead atoms. The van der Waals surface area contributed by atoms with Crippen LogP contribution in [0.1, 0.15) is 15.9 Å². The van der Waals surface area contributed by atoms with Gasteiger partial charge in [-0.05, 0) is 29.8 Å². The van der Waals surface area contributed by atoms with Crippen molar-refractivity contribution in [1.82, 2.24) is 9.80 Å². The van der Waals surface area contributed by atoms with Crippen LogP contribution in [0, 0.1) is 10.1 Å². The highest BCUT2D eigenvalue weighted by Gasteiger charge is 2.24. The molecule has 1 fully saturated rings. The van der Waals surface area contributed by atoms with Gasteiger partial charge in [-0.3, -0.25) is 19.7 Å². The van der Waals surface area contributed by atoms with Gasteiger partial charge >= 0.3 is 0 Å². The van der Waals surface area contributed by atoms with Gasteiger partial charge in [-0.2, -0.15) is 0 Å². The Labute approximate surface area is 167 Å². The van der Waals surface area contributed by atoms with E-state index in [0.717, 1.165) is 0 Å². The van der Waals surface area contributed by atoms with E-state index in [-0.39, 0.29) is 17.5 Å². The van der Waals surface area contributed by atoms with Gasteiger partial charge in [0.2, 0.25) is 5.91 Å². The molecule has 1 saturated heterocycles. The zero-order chi connectivity index (χ0) is 20.1. The number of non-ortho nitro benzene ring substituents is 1. The molecule has 1 heterocycles. The number of rotatable bonds is 4. The molecule has 8 heteroatoms. The Bertz CT molecular complexity index is 937. The highest BCUT2D eigenvalue weighted by atomic mass is 35.5. The summed E-state index contributed by atoms with van der Waals surface area (Å²) >= 11 is 5.94. The molecule has 0 atom stereocenters. The van der Waals surface area contributed by atoms with Crippen molar-refractivity contribution < 1.29 is 14.5 Å². The summed E-state index contributed by atoms with van der Waals surface area (Å²) in [5, 5.41) is 11.3. The summed E-state index contributed by atoms with van der Waals surface area (Å²) in [6.45, 7) is 1.71. The molecule has 0 spiro atoms. The number of nitrogens with zero attached hydrogens (tertiary/aromatic N) is 3. The molecule has 0 aliphatic carbocycles. The SMILES string of the molecule is O=C(/C=C/c1cccc([N+](=O)[O-])c1)N1CCN(C(=O)c2cccc(Cl)c2)CC1. The van der Waals surface area contributed by atoms with Crippen molar-refractivity contribution in [2.75, 3.05) is 26.2 Å². The van der Waals surface area contributed by atoms with Crippen LogP contribution in [0.15, 0.2) is 54.6 Å². The quantitative estimate of drug-likeness (QED) is 0.449. The van der Waals surface area contributed by atoms with E-state index in [4.69, 9.17) is 11.6 Å². The number of carbonyl (C=O) groups excluding carboxylic acids is 2. The van der Waals surface area contributed by atoms with Crippen LogP contribution in [0.2, 0.25) is 5.02 Å². The molecule has 2 aromatic carbocycles. The van der Waals surface area contributed by atoms with E-state index in [1.165, 1.54) is 18.2 Å². The molecule has 0 N–H and O–H groups in total. The van der Waals surface area contributed by atoms with Gasteiger partial charge in [-0.1, -0.05) is 29.8 Å². The summed E-state index contributed by atoms with van der Waals surface area (Å²) in [6.07, 6.45) is 2.95. The van der Waals surface area contributed by atoms with Crippen LogP contribution >= 0.6 is 11.6 Å². The molecule has 1 aliphatic rings. The molecule has 3 rings (SSSR count). The van der Waals surface area contributed by atoms with Crippen LogP contribution in [-0.4, -0.2) is 52.7 Å². The summed E-state index contributed by atoms with van der Waals surface area (Å²) in [6, 6.07) is 12.9. The summed E-state index contributed by atoms with van der Waals surface area (Å²) in [5.41, 5.74) is 1.08. The normalized spacial score (nSPS) is 14.3. The maximum atomic E-state index is 12.5. The maximum Gasteiger partial charge on any atom is 0.270 e. The number of halogens is 1. The largest absolute Gasteiger partial charge is 0.336 e. The highest BCUT2D eigenvalue weighted by molar-refractivity contribution is 6.30. The summed E-state index contributed by atoms with van der Waals surface area (Å²) < 4.78 is 0. The Morgan fingerprint density at radius 2 is 1.68 bits per heavy atom. The minimum absolute atomic E-state index is 0.0252. The zero-order valence-corrected chi connectivity index (χ0v) is 15.7. The molecule has 28 heavy (non-hydrogen) atoms. The van der Waals surface area contributed by atoms with Crippen molar-refractivity contribution in [3.8, 4) is 0 Å². The lowest BCUT2D eigenvalue weighted by molar-refractivity contribution is -0.384. The molecular weight excluding hydrogens is 382 g/mol. The van der Waals surface area contributed by atoms with E-state index in [1.807, 2.05) is 0 Å². The van der Waals surface area contributed by atoms with Gasteiger partial charge in [0.05, 0.1) is 4.92 Å². The lowest BCUT2D eigenvalue weighted by atomic mass is 10.1. The van der Waals surface area contributed by atoms with E-state index in [0.29, 0.717) is 42.3 Å². The van der Waals surface area contributed by atoms with Gasteiger partial charge in [-0.15, -0.1) is 0 Å². The number of hydrogen-bond acceptors (Lipinski definition) is 4. The standard InChI is InChI=1S/C20H18ClN3O4/c21-17-5-2-4-16(14-17)20(26)23-11-9-22(10-12-23)19(25)8-7-15-3-1-6-18(13-15)24(27)28/h1-8,13-14H,9-12H2/b8-7+. The molecule has 0 aromatic heterocycles. The monoisotopic (exact) mass is 399 g/mol. The van der Waals surface area contributed by atoms with Crippen molar-refractivity contribution in [1.29, 1.82) is 0 Å². The Morgan fingerprint density at radius 3 is 2.36 bits per heavy atom. The average molecular weight is 400 g/mol.